The third kappa shape index (κ3) is 19.1. The molecule has 0 N–H and O–H groups in total. The highest BCUT2D eigenvalue weighted by atomic mass is 19.3. The van der Waals surface area contributed by atoms with E-state index >= 15 is 0 Å². The molecule has 0 aromatic rings. The van der Waals surface area contributed by atoms with Crippen molar-refractivity contribution in [3.05, 3.63) is 0 Å². The predicted molar refractivity (Wildman–Crippen MR) is 135 cm³/mol. The molecular weight excluding hydrogens is 795 g/mol. The second-order valence-corrected chi connectivity index (χ2v) is 11.4. The van der Waals surface area contributed by atoms with E-state index in [0.29, 0.717) is 14.2 Å². The highest BCUT2D eigenvalue weighted by molar-refractivity contribution is 5.70. The van der Waals surface area contributed by atoms with E-state index in [1.54, 1.807) is 0 Å². The first-order valence-corrected chi connectivity index (χ1v) is 14.3. The van der Waals surface area contributed by atoms with E-state index in [2.05, 4.69) is 37.9 Å². The lowest BCUT2D eigenvalue weighted by Crippen LogP contribution is -2.54. The van der Waals surface area contributed by atoms with Crippen LogP contribution in [0.25, 0.3) is 0 Å². The summed E-state index contributed by atoms with van der Waals surface area (Å²) in [4.78, 5) is 21.7. The van der Waals surface area contributed by atoms with Gasteiger partial charge in [0.05, 0.1) is 14.2 Å². The van der Waals surface area contributed by atoms with Crippen LogP contribution in [0.2, 0.25) is 0 Å². The summed E-state index contributed by atoms with van der Waals surface area (Å²) in [6, 6.07) is 0. The lowest BCUT2D eigenvalue weighted by Gasteiger charge is -2.43. The van der Waals surface area contributed by atoms with Crippen molar-refractivity contribution in [2.45, 2.75) is 98.6 Å². The van der Waals surface area contributed by atoms with Crippen LogP contribution >= 0.6 is 0 Å². The normalized spacial score (nSPS) is 19.6. The molecule has 0 aromatic carbocycles. The summed E-state index contributed by atoms with van der Waals surface area (Å²) >= 11 is 0. The Labute approximate surface area is 287 Å². The van der Waals surface area contributed by atoms with Crippen molar-refractivity contribution < 1.29 is 122 Å². The molecule has 0 bridgehead atoms. The van der Waals surface area contributed by atoms with Gasteiger partial charge in [-0.3, -0.25) is 19.1 Å². The van der Waals surface area contributed by atoms with Gasteiger partial charge in [0.1, 0.15) is 71.4 Å². The van der Waals surface area contributed by atoms with E-state index in [-0.39, 0.29) is 0 Å². The SMILES string of the molecule is COC(=O)CC(F)(F)COCC(F)(F)OC(F)(F)CC(F)(F)COC1CCC1(F)OCC(F)(F)CC(F)(F)OC(F)(F)COCC(F)(F)CC(=O)OC. The summed E-state index contributed by atoms with van der Waals surface area (Å²) in [5.74, 6) is -24.5. The Balaban J connectivity index is 2.64. The number of hydrogen-bond donors (Lipinski definition) is 0. The summed E-state index contributed by atoms with van der Waals surface area (Å²) in [7, 11) is 1.42. The van der Waals surface area contributed by atoms with Crippen LogP contribution in [0.5, 0.6) is 0 Å². The summed E-state index contributed by atoms with van der Waals surface area (Å²) in [6.45, 7) is -13.2. The maximum absolute atomic E-state index is 14.8. The van der Waals surface area contributed by atoms with Gasteiger partial charge in [0.15, 0.2) is 0 Å². The van der Waals surface area contributed by atoms with Crippen LogP contribution in [-0.4, -0.2) is 126 Å². The van der Waals surface area contributed by atoms with Crippen molar-refractivity contribution in [3.63, 3.8) is 0 Å². The fraction of sp³-hybridized carbons (Fsp3) is 0.923. The average molecular weight is 826 g/mol. The monoisotopic (exact) mass is 826 g/mol. The molecule has 1 aliphatic carbocycles. The van der Waals surface area contributed by atoms with E-state index in [4.69, 9.17) is 0 Å². The zero-order chi connectivity index (χ0) is 41.4. The van der Waals surface area contributed by atoms with Crippen molar-refractivity contribution >= 4 is 11.9 Å². The Kier molecular flexibility index (Phi) is 16.5. The van der Waals surface area contributed by atoms with Crippen LogP contribution in [0.1, 0.15) is 38.5 Å². The summed E-state index contributed by atoms with van der Waals surface area (Å²) in [5.41, 5.74) is 0. The van der Waals surface area contributed by atoms with Gasteiger partial charge >= 0.3 is 36.4 Å². The zero-order valence-electron chi connectivity index (χ0n) is 27.1. The number of halogens is 17. The van der Waals surface area contributed by atoms with Crippen LogP contribution in [0, 0.1) is 0 Å². The Morgan fingerprint density at radius 1 is 0.547 bits per heavy atom. The molecule has 1 aliphatic rings. The lowest BCUT2D eigenvalue weighted by atomic mass is 9.88. The van der Waals surface area contributed by atoms with E-state index in [9.17, 15) is 84.2 Å². The molecule has 0 aromatic heterocycles. The van der Waals surface area contributed by atoms with Crippen LogP contribution in [0.3, 0.4) is 0 Å². The van der Waals surface area contributed by atoms with E-state index in [0.717, 1.165) is 0 Å². The van der Waals surface area contributed by atoms with Gasteiger partial charge in [-0.15, -0.1) is 0 Å². The number of carbonyl (C=O) groups is 2. The van der Waals surface area contributed by atoms with E-state index in [1.807, 2.05) is 0 Å². The maximum atomic E-state index is 14.8. The van der Waals surface area contributed by atoms with Crippen LogP contribution < -0.4 is 0 Å². The molecule has 1 saturated carbocycles. The van der Waals surface area contributed by atoms with Gasteiger partial charge in [-0.1, -0.05) is 0 Å². The zero-order valence-corrected chi connectivity index (χ0v) is 27.1. The number of hydrogen-bond acceptors (Lipinski definition) is 10. The molecule has 10 nitrogen and oxygen atoms in total. The first kappa shape index (κ1) is 48.5. The standard InChI is InChI=1S/C26H31F17O10/c1-46-16(44)5-18(27,28)9-48-13-25(40,41)52-23(36,37)7-20(31,32)11-50-15-3-4-22(15,35)51-12-21(33,34)8-24(38,39)53-26(42,43)14-49-10-19(29,30)6-17(45)47-2/h15H,3-14H2,1-2H3. The van der Waals surface area contributed by atoms with Crippen molar-refractivity contribution in [1.82, 2.24) is 0 Å². The molecule has 0 aliphatic heterocycles. The van der Waals surface area contributed by atoms with Crippen molar-refractivity contribution in [1.29, 1.82) is 0 Å². The van der Waals surface area contributed by atoms with Gasteiger partial charge < -0.3 is 28.4 Å². The maximum Gasteiger partial charge on any atom is 0.383 e. The summed E-state index contributed by atoms with van der Waals surface area (Å²) in [6.07, 6.45) is -34.4. The molecule has 1 rings (SSSR count). The van der Waals surface area contributed by atoms with Gasteiger partial charge in [-0.05, 0) is 6.42 Å². The number of rotatable bonds is 26. The van der Waals surface area contributed by atoms with Crippen LogP contribution in [-0.2, 0) is 47.5 Å². The third-order valence-corrected chi connectivity index (χ3v) is 6.20. The summed E-state index contributed by atoms with van der Waals surface area (Å²) < 4.78 is 265. The highest BCUT2D eigenvalue weighted by Crippen LogP contribution is 2.44. The minimum absolute atomic E-state index is 0.648. The lowest BCUT2D eigenvalue weighted by molar-refractivity contribution is -0.401. The first-order chi connectivity index (χ1) is 23.7. The van der Waals surface area contributed by atoms with Gasteiger partial charge in [-0.2, -0.15) is 35.1 Å². The molecule has 314 valence electrons. The smallest absolute Gasteiger partial charge is 0.383 e. The molecule has 0 saturated heterocycles. The topological polar surface area (TPSA) is 108 Å². The predicted octanol–water partition coefficient (Wildman–Crippen LogP) is 6.73. The van der Waals surface area contributed by atoms with Gasteiger partial charge in [-0.25, -0.2) is 39.5 Å². The quantitative estimate of drug-likeness (QED) is 0.0689. The fourth-order valence-electron chi connectivity index (χ4n) is 3.89. The molecule has 2 unspecified atom stereocenters. The average Bonchev–Trinajstić information content (AvgIpc) is 2.91. The number of esters is 2. The highest BCUT2D eigenvalue weighted by Gasteiger charge is 2.57. The number of carbonyl (C=O) groups excluding carboxylic acids is 2. The summed E-state index contributed by atoms with van der Waals surface area (Å²) in [5, 5.41) is 0. The fourth-order valence-corrected chi connectivity index (χ4v) is 3.89. The number of ether oxygens (including phenoxy) is 8. The number of methoxy groups -OCH3 is 2. The minimum Gasteiger partial charge on any atom is -0.469 e. The van der Waals surface area contributed by atoms with Crippen molar-refractivity contribution in [2.75, 3.05) is 53.9 Å². The minimum atomic E-state index is -5.49. The second kappa shape index (κ2) is 18.0. The molecule has 2 atom stereocenters. The third-order valence-electron chi connectivity index (χ3n) is 6.20. The van der Waals surface area contributed by atoms with Gasteiger partial charge in [0.25, 0.3) is 23.7 Å². The molecule has 0 radical (unpaired) electrons. The Hall–Kier alpha value is -2.49. The van der Waals surface area contributed by atoms with Crippen LogP contribution in [0.15, 0.2) is 0 Å². The van der Waals surface area contributed by atoms with Crippen LogP contribution in [0.4, 0.5) is 74.6 Å². The van der Waals surface area contributed by atoms with Crippen molar-refractivity contribution in [3.8, 4) is 0 Å². The van der Waals surface area contributed by atoms with E-state index < -0.39 is 150 Å². The molecule has 0 amide bonds. The Morgan fingerprint density at radius 2 is 0.925 bits per heavy atom. The molecule has 0 heterocycles. The molecule has 1 fully saturated rings. The Bertz CT molecular complexity index is 1190. The molecule has 0 spiro atoms. The Morgan fingerprint density at radius 3 is 1.26 bits per heavy atom. The van der Waals surface area contributed by atoms with Gasteiger partial charge in [0, 0.05) is 6.42 Å². The first-order valence-electron chi connectivity index (χ1n) is 14.3. The molecular formula is C26H31F17O10. The molecule has 53 heavy (non-hydrogen) atoms. The van der Waals surface area contributed by atoms with E-state index in [1.165, 1.54) is 0 Å². The second-order valence-electron chi connectivity index (χ2n) is 11.4. The largest absolute Gasteiger partial charge is 0.469 e. The van der Waals surface area contributed by atoms with Crippen molar-refractivity contribution in [2.24, 2.45) is 0 Å². The number of alkyl halides is 17. The molecule has 27 heteroatoms. The van der Waals surface area contributed by atoms with Gasteiger partial charge in [0.2, 0.25) is 5.85 Å².